The fourth-order valence-corrected chi connectivity index (χ4v) is 5.72. The van der Waals surface area contributed by atoms with Gasteiger partial charge in [-0.2, -0.15) is 17.0 Å². The molecule has 21 heavy (non-hydrogen) atoms. The topological polar surface area (TPSA) is 52.7 Å². The van der Waals surface area contributed by atoms with Crippen molar-refractivity contribution >= 4 is 22.6 Å². The molecule has 0 spiro atoms. The quantitative estimate of drug-likeness (QED) is 0.830. The summed E-state index contributed by atoms with van der Waals surface area (Å²) in [7, 11) is -3.23. The average molecular weight is 338 g/mol. The lowest BCUT2D eigenvalue weighted by Crippen LogP contribution is -2.51. The molecule has 3 rings (SSSR count). The van der Waals surface area contributed by atoms with Crippen molar-refractivity contribution in [2.24, 2.45) is 11.8 Å². The fraction of sp³-hybridized carbons (Fsp3) is 1.00. The van der Waals surface area contributed by atoms with Crippen LogP contribution in [-0.4, -0.2) is 56.3 Å². The molecule has 5 nitrogen and oxygen atoms in total. The van der Waals surface area contributed by atoms with Crippen LogP contribution in [0, 0.1) is 11.8 Å². The standard InChI is InChI=1S/C14H27N3O2S.ClH/c18-20(19,16-9-3-7-15-8-11-16)17-10-6-13-4-1-2-5-14(13)12-17;/h13-15H,1-12H2;1H. The summed E-state index contributed by atoms with van der Waals surface area (Å²) in [5.74, 6) is 1.39. The molecule has 1 N–H and O–H groups in total. The van der Waals surface area contributed by atoms with Crippen LogP contribution in [0.15, 0.2) is 0 Å². The molecule has 0 aromatic rings. The monoisotopic (exact) mass is 337 g/mol. The summed E-state index contributed by atoms with van der Waals surface area (Å²) in [4.78, 5) is 0. The summed E-state index contributed by atoms with van der Waals surface area (Å²) >= 11 is 0. The summed E-state index contributed by atoms with van der Waals surface area (Å²) in [5, 5.41) is 3.27. The van der Waals surface area contributed by atoms with Gasteiger partial charge in [-0.1, -0.05) is 19.3 Å². The van der Waals surface area contributed by atoms with Crippen LogP contribution in [0.25, 0.3) is 0 Å². The molecule has 0 amide bonds. The van der Waals surface area contributed by atoms with Crippen LogP contribution in [0.5, 0.6) is 0 Å². The highest BCUT2D eigenvalue weighted by molar-refractivity contribution is 7.86. The van der Waals surface area contributed by atoms with Gasteiger partial charge < -0.3 is 5.32 Å². The van der Waals surface area contributed by atoms with E-state index in [0.29, 0.717) is 19.0 Å². The Morgan fingerprint density at radius 3 is 2.38 bits per heavy atom. The molecule has 3 fully saturated rings. The van der Waals surface area contributed by atoms with E-state index in [9.17, 15) is 8.42 Å². The van der Waals surface area contributed by atoms with Gasteiger partial charge in [0.05, 0.1) is 0 Å². The third-order valence-electron chi connectivity index (χ3n) is 5.21. The van der Waals surface area contributed by atoms with E-state index in [2.05, 4.69) is 5.32 Å². The van der Waals surface area contributed by atoms with Crippen molar-refractivity contribution in [1.82, 2.24) is 13.9 Å². The molecule has 1 aliphatic carbocycles. The lowest BCUT2D eigenvalue weighted by molar-refractivity contribution is 0.131. The second-order valence-corrected chi connectivity index (χ2v) is 8.39. The minimum atomic E-state index is -3.23. The molecule has 1 saturated carbocycles. The van der Waals surface area contributed by atoms with E-state index in [1.165, 1.54) is 25.7 Å². The van der Waals surface area contributed by atoms with E-state index in [1.807, 2.05) is 0 Å². The van der Waals surface area contributed by atoms with Gasteiger partial charge in [0.15, 0.2) is 0 Å². The number of halogens is 1. The van der Waals surface area contributed by atoms with Gasteiger partial charge in [-0.15, -0.1) is 12.4 Å². The van der Waals surface area contributed by atoms with Crippen LogP contribution in [0.3, 0.4) is 0 Å². The number of nitrogens with one attached hydrogen (secondary N) is 1. The molecular weight excluding hydrogens is 310 g/mol. The van der Waals surface area contributed by atoms with Crippen LogP contribution in [0.4, 0.5) is 0 Å². The van der Waals surface area contributed by atoms with Gasteiger partial charge in [-0.3, -0.25) is 0 Å². The Hall–Kier alpha value is 0.120. The molecular formula is C14H28ClN3O2S. The van der Waals surface area contributed by atoms with E-state index in [1.54, 1.807) is 8.61 Å². The predicted octanol–water partition coefficient (Wildman–Crippen LogP) is 1.46. The molecule has 0 radical (unpaired) electrons. The molecule has 2 unspecified atom stereocenters. The van der Waals surface area contributed by atoms with Gasteiger partial charge in [0.2, 0.25) is 0 Å². The highest BCUT2D eigenvalue weighted by atomic mass is 35.5. The first kappa shape index (κ1) is 17.5. The summed E-state index contributed by atoms with van der Waals surface area (Å²) in [6.07, 6.45) is 7.13. The largest absolute Gasteiger partial charge is 0.315 e. The maximum absolute atomic E-state index is 12.8. The predicted molar refractivity (Wildman–Crippen MR) is 86.9 cm³/mol. The second-order valence-electron chi connectivity index (χ2n) is 6.46. The minimum Gasteiger partial charge on any atom is -0.315 e. The van der Waals surface area contributed by atoms with Crippen molar-refractivity contribution in [1.29, 1.82) is 0 Å². The number of piperidine rings is 1. The summed E-state index contributed by atoms with van der Waals surface area (Å²) < 4.78 is 29.0. The third-order valence-corrected chi connectivity index (χ3v) is 7.21. The van der Waals surface area contributed by atoms with Gasteiger partial charge in [0.25, 0.3) is 10.2 Å². The maximum Gasteiger partial charge on any atom is 0.282 e. The smallest absolute Gasteiger partial charge is 0.282 e. The molecule has 0 aromatic heterocycles. The van der Waals surface area contributed by atoms with Crippen molar-refractivity contribution in [2.75, 3.05) is 39.3 Å². The lowest BCUT2D eigenvalue weighted by Gasteiger charge is -2.41. The van der Waals surface area contributed by atoms with Gasteiger partial charge in [0.1, 0.15) is 0 Å². The Morgan fingerprint density at radius 2 is 1.57 bits per heavy atom. The molecule has 7 heteroatoms. The second kappa shape index (κ2) is 7.59. The van der Waals surface area contributed by atoms with Crippen molar-refractivity contribution in [3.05, 3.63) is 0 Å². The number of rotatable bonds is 2. The third kappa shape index (κ3) is 3.91. The summed E-state index contributed by atoms with van der Waals surface area (Å²) in [5.41, 5.74) is 0. The summed E-state index contributed by atoms with van der Waals surface area (Å²) in [6.45, 7) is 4.48. The van der Waals surface area contributed by atoms with Gasteiger partial charge >= 0.3 is 0 Å². The van der Waals surface area contributed by atoms with Gasteiger partial charge in [-0.25, -0.2) is 0 Å². The zero-order chi connectivity index (χ0) is 14.0. The van der Waals surface area contributed by atoms with E-state index >= 15 is 0 Å². The Bertz CT molecular complexity index is 424. The normalized spacial score (nSPS) is 32.8. The van der Waals surface area contributed by atoms with Crippen molar-refractivity contribution in [2.45, 2.75) is 38.5 Å². The molecule has 2 saturated heterocycles. The Balaban J connectivity index is 0.00000161. The van der Waals surface area contributed by atoms with E-state index < -0.39 is 10.2 Å². The first-order chi connectivity index (χ1) is 9.68. The number of nitrogens with zero attached hydrogens (tertiary/aromatic N) is 2. The van der Waals surface area contributed by atoms with Crippen molar-refractivity contribution < 1.29 is 8.42 Å². The van der Waals surface area contributed by atoms with Gasteiger partial charge in [-0.05, 0) is 37.6 Å². The molecule has 0 aromatic carbocycles. The van der Waals surface area contributed by atoms with Crippen LogP contribution in [0.1, 0.15) is 38.5 Å². The van der Waals surface area contributed by atoms with Crippen LogP contribution in [-0.2, 0) is 10.2 Å². The first-order valence-corrected chi connectivity index (χ1v) is 9.53. The van der Waals surface area contributed by atoms with Crippen LogP contribution < -0.4 is 5.32 Å². The van der Waals surface area contributed by atoms with E-state index in [-0.39, 0.29) is 12.4 Å². The van der Waals surface area contributed by atoms with Crippen LogP contribution >= 0.6 is 12.4 Å². The fourth-order valence-electron chi connectivity index (χ4n) is 3.99. The van der Waals surface area contributed by atoms with Gasteiger partial charge in [0, 0.05) is 32.7 Å². The maximum atomic E-state index is 12.8. The summed E-state index contributed by atoms with van der Waals surface area (Å²) in [6, 6.07) is 0. The highest BCUT2D eigenvalue weighted by Gasteiger charge is 2.38. The molecule has 2 heterocycles. The van der Waals surface area contributed by atoms with Crippen molar-refractivity contribution in [3.63, 3.8) is 0 Å². The molecule has 3 aliphatic rings. The Morgan fingerprint density at radius 1 is 0.810 bits per heavy atom. The highest BCUT2D eigenvalue weighted by Crippen LogP contribution is 2.37. The van der Waals surface area contributed by atoms with E-state index in [4.69, 9.17) is 0 Å². The number of fused-ring (bicyclic) bond motifs is 1. The molecule has 124 valence electrons. The molecule has 0 bridgehead atoms. The Labute approximate surface area is 135 Å². The lowest BCUT2D eigenvalue weighted by atomic mass is 9.76. The SMILES string of the molecule is Cl.O=S(=O)(N1CCCNCC1)N1CCC2CCCCC2C1. The number of hydrogen-bond donors (Lipinski definition) is 1. The zero-order valence-electron chi connectivity index (χ0n) is 12.7. The Kier molecular flexibility index (Phi) is 6.32. The van der Waals surface area contributed by atoms with E-state index in [0.717, 1.165) is 44.9 Å². The first-order valence-electron chi connectivity index (χ1n) is 8.14. The zero-order valence-corrected chi connectivity index (χ0v) is 14.3. The van der Waals surface area contributed by atoms with Crippen molar-refractivity contribution in [3.8, 4) is 0 Å². The molecule has 2 atom stereocenters. The molecule has 2 aliphatic heterocycles. The number of hydrogen-bond acceptors (Lipinski definition) is 3. The minimum absolute atomic E-state index is 0. The average Bonchev–Trinajstić information content (AvgIpc) is 2.76. The van der Waals surface area contributed by atoms with Crippen LogP contribution in [0.2, 0.25) is 0 Å².